The van der Waals surface area contributed by atoms with Crippen molar-refractivity contribution in [3.05, 3.63) is 48.0 Å². The molecule has 0 aromatic heterocycles. The van der Waals surface area contributed by atoms with Gasteiger partial charge in [-0.05, 0) is 44.8 Å². The Morgan fingerprint density at radius 1 is 1.21 bits per heavy atom. The Morgan fingerprint density at radius 3 is 2.71 bits per heavy atom. The number of nitrogens with zero attached hydrogens (tertiary/aromatic N) is 1. The highest BCUT2D eigenvalue weighted by atomic mass is 16.6. The average Bonchev–Trinajstić information content (AvgIpc) is 2.54. The molecule has 0 aliphatic carbocycles. The number of esters is 1. The zero-order valence-corrected chi connectivity index (χ0v) is 14.2. The first-order valence-electron chi connectivity index (χ1n) is 7.92. The van der Waals surface area contributed by atoms with Crippen LogP contribution in [0.4, 0.5) is 5.69 Å². The number of hydrogen-bond donors (Lipinski definition) is 1. The highest BCUT2D eigenvalue weighted by molar-refractivity contribution is 5.89. The lowest BCUT2D eigenvalue weighted by molar-refractivity contribution is -0.162. The van der Waals surface area contributed by atoms with E-state index in [1.54, 1.807) is 13.0 Å². The Bertz CT molecular complexity index is 773. The predicted molar refractivity (Wildman–Crippen MR) is 93.8 cm³/mol. The molecule has 0 saturated heterocycles. The number of benzene rings is 2. The fourth-order valence-corrected chi connectivity index (χ4v) is 2.85. The zero-order chi connectivity index (χ0) is 17.3. The molecule has 0 fully saturated rings. The summed E-state index contributed by atoms with van der Waals surface area (Å²) < 4.78 is 11.5. The van der Waals surface area contributed by atoms with Gasteiger partial charge >= 0.3 is 5.97 Å². The number of rotatable bonds is 4. The van der Waals surface area contributed by atoms with Gasteiger partial charge in [0.05, 0.1) is 0 Å². The van der Waals surface area contributed by atoms with Crippen LogP contribution in [-0.2, 0) is 15.1 Å². The Hall–Kier alpha value is -2.53. The van der Waals surface area contributed by atoms with Gasteiger partial charge in [0, 0.05) is 23.4 Å². The quantitative estimate of drug-likeness (QED) is 0.691. The number of carbonyl (C=O) groups excluding carboxylic acids is 1. The van der Waals surface area contributed by atoms with Gasteiger partial charge in [-0.25, -0.2) is 4.79 Å². The van der Waals surface area contributed by atoms with Crippen LogP contribution >= 0.6 is 0 Å². The minimum atomic E-state index is -1.22. The van der Waals surface area contributed by atoms with E-state index in [9.17, 15) is 4.79 Å². The molecule has 0 saturated carbocycles. The van der Waals surface area contributed by atoms with Crippen LogP contribution in [0.15, 0.2) is 42.5 Å². The Balaban J connectivity index is 2.00. The second-order valence-corrected chi connectivity index (χ2v) is 6.38. The number of nitrogens with two attached hydrogens (primary N) is 1. The molecule has 1 aliphatic heterocycles. The molecule has 1 heterocycles. The fourth-order valence-electron chi connectivity index (χ4n) is 2.85. The van der Waals surface area contributed by atoms with E-state index in [0.29, 0.717) is 24.6 Å². The van der Waals surface area contributed by atoms with E-state index in [2.05, 4.69) is 0 Å². The van der Waals surface area contributed by atoms with Crippen molar-refractivity contribution in [1.29, 1.82) is 0 Å². The van der Waals surface area contributed by atoms with Crippen molar-refractivity contribution < 1.29 is 14.3 Å². The molecule has 0 spiro atoms. The number of fused-ring (bicyclic) bond motifs is 3. The molecular weight excluding hydrogens is 304 g/mol. The van der Waals surface area contributed by atoms with Crippen molar-refractivity contribution in [1.82, 2.24) is 4.90 Å². The van der Waals surface area contributed by atoms with Crippen LogP contribution in [0.1, 0.15) is 12.5 Å². The smallest absolute Gasteiger partial charge is 0.355 e. The van der Waals surface area contributed by atoms with Gasteiger partial charge in [-0.15, -0.1) is 0 Å². The second kappa shape index (κ2) is 6.17. The molecule has 1 atom stereocenters. The van der Waals surface area contributed by atoms with E-state index in [-0.39, 0.29) is 0 Å². The van der Waals surface area contributed by atoms with Crippen LogP contribution in [0.2, 0.25) is 0 Å². The molecular formula is C19H22N2O3. The molecule has 126 valence electrons. The molecule has 24 heavy (non-hydrogen) atoms. The normalized spacial score (nSPS) is 18.5. The number of hydrogen-bond acceptors (Lipinski definition) is 5. The van der Waals surface area contributed by atoms with Crippen LogP contribution in [0.25, 0.3) is 11.1 Å². The number of para-hydroxylation sites is 1. The molecule has 2 aromatic carbocycles. The van der Waals surface area contributed by atoms with Crippen LogP contribution < -0.4 is 10.5 Å². The maximum Gasteiger partial charge on any atom is 0.355 e. The second-order valence-electron chi connectivity index (χ2n) is 6.38. The van der Waals surface area contributed by atoms with Gasteiger partial charge in [-0.2, -0.15) is 0 Å². The Morgan fingerprint density at radius 2 is 1.96 bits per heavy atom. The summed E-state index contributed by atoms with van der Waals surface area (Å²) in [7, 11) is 3.86. The minimum Gasteiger partial charge on any atom is -0.470 e. The molecule has 0 amide bonds. The third kappa shape index (κ3) is 2.83. The number of ether oxygens (including phenoxy) is 2. The topological polar surface area (TPSA) is 64.8 Å². The number of anilines is 1. The molecule has 1 unspecified atom stereocenters. The van der Waals surface area contributed by atoms with Crippen molar-refractivity contribution in [2.24, 2.45) is 0 Å². The number of likely N-dealkylation sites (N-methyl/N-ethyl adjacent to an activating group) is 1. The monoisotopic (exact) mass is 326 g/mol. The van der Waals surface area contributed by atoms with Crippen molar-refractivity contribution in [3.8, 4) is 16.9 Å². The van der Waals surface area contributed by atoms with Gasteiger partial charge in [-0.3, -0.25) is 0 Å². The van der Waals surface area contributed by atoms with E-state index >= 15 is 0 Å². The molecule has 5 heteroatoms. The zero-order valence-electron chi connectivity index (χ0n) is 14.2. The first-order chi connectivity index (χ1) is 11.4. The molecule has 0 bridgehead atoms. The lowest BCUT2D eigenvalue weighted by Gasteiger charge is -2.35. The molecule has 0 radical (unpaired) electrons. The van der Waals surface area contributed by atoms with Gasteiger partial charge in [0.2, 0.25) is 5.60 Å². The van der Waals surface area contributed by atoms with Crippen molar-refractivity contribution in [3.63, 3.8) is 0 Å². The van der Waals surface area contributed by atoms with Crippen LogP contribution in [0.3, 0.4) is 0 Å². The summed E-state index contributed by atoms with van der Waals surface area (Å²) in [5.74, 6) is 0.257. The van der Waals surface area contributed by atoms with Gasteiger partial charge < -0.3 is 20.1 Å². The summed E-state index contributed by atoms with van der Waals surface area (Å²) in [5, 5.41) is 0. The Kier molecular flexibility index (Phi) is 4.20. The van der Waals surface area contributed by atoms with E-state index in [0.717, 1.165) is 16.7 Å². The number of carbonyl (C=O) groups is 1. The fraction of sp³-hybridized carbons (Fsp3) is 0.316. The van der Waals surface area contributed by atoms with Crippen molar-refractivity contribution in [2.75, 3.05) is 33.0 Å². The lowest BCUT2D eigenvalue weighted by Crippen LogP contribution is -2.43. The van der Waals surface area contributed by atoms with E-state index in [1.807, 2.05) is 55.4 Å². The maximum atomic E-state index is 12.8. The standard InChI is InChI=1S/C19H22N2O3/c1-19(18(22)23-11-10-21(2)3)16-12-13(20)8-9-14(16)15-6-4-5-7-17(15)24-19/h4-9,12H,10-11,20H2,1-3H3. The molecule has 3 rings (SSSR count). The van der Waals surface area contributed by atoms with Gasteiger partial charge in [0.25, 0.3) is 0 Å². The average molecular weight is 326 g/mol. The summed E-state index contributed by atoms with van der Waals surface area (Å²) in [5.41, 5.74) is 7.94. The van der Waals surface area contributed by atoms with Crippen molar-refractivity contribution >= 4 is 11.7 Å². The Labute approximate surface area is 142 Å². The third-order valence-corrected chi connectivity index (χ3v) is 4.21. The van der Waals surface area contributed by atoms with Crippen LogP contribution in [0.5, 0.6) is 5.75 Å². The van der Waals surface area contributed by atoms with Crippen LogP contribution in [0, 0.1) is 0 Å². The largest absolute Gasteiger partial charge is 0.470 e. The van der Waals surface area contributed by atoms with E-state index < -0.39 is 11.6 Å². The molecule has 1 aliphatic rings. The molecule has 2 aromatic rings. The maximum absolute atomic E-state index is 12.8. The first-order valence-corrected chi connectivity index (χ1v) is 7.92. The summed E-state index contributed by atoms with van der Waals surface area (Å²) in [6.07, 6.45) is 0. The first kappa shape index (κ1) is 16.3. The predicted octanol–water partition coefficient (Wildman–Crippen LogP) is 2.65. The van der Waals surface area contributed by atoms with E-state index in [1.165, 1.54) is 0 Å². The molecule has 5 nitrogen and oxygen atoms in total. The minimum absolute atomic E-state index is 0.310. The summed E-state index contributed by atoms with van der Waals surface area (Å²) in [6, 6.07) is 13.2. The van der Waals surface area contributed by atoms with Gasteiger partial charge in [-0.1, -0.05) is 24.3 Å². The van der Waals surface area contributed by atoms with E-state index in [4.69, 9.17) is 15.2 Å². The summed E-state index contributed by atoms with van der Waals surface area (Å²) in [4.78, 5) is 14.7. The van der Waals surface area contributed by atoms with Gasteiger partial charge in [0.1, 0.15) is 12.4 Å². The lowest BCUT2D eigenvalue weighted by atomic mass is 9.84. The number of nitrogen functional groups attached to an aromatic ring is 1. The third-order valence-electron chi connectivity index (χ3n) is 4.21. The van der Waals surface area contributed by atoms with Crippen LogP contribution in [-0.4, -0.2) is 38.1 Å². The highest BCUT2D eigenvalue weighted by Gasteiger charge is 2.45. The molecule has 2 N–H and O–H groups in total. The summed E-state index contributed by atoms with van der Waals surface area (Å²) in [6.45, 7) is 2.70. The highest BCUT2D eigenvalue weighted by Crippen LogP contribution is 2.46. The van der Waals surface area contributed by atoms with Gasteiger partial charge in [0.15, 0.2) is 0 Å². The van der Waals surface area contributed by atoms with Crippen molar-refractivity contribution in [2.45, 2.75) is 12.5 Å². The SMILES string of the molecule is CN(C)CCOC(=O)C1(C)Oc2ccccc2-c2ccc(N)cc21. The summed E-state index contributed by atoms with van der Waals surface area (Å²) >= 11 is 0.